The summed E-state index contributed by atoms with van der Waals surface area (Å²) in [6.07, 6.45) is 11.6. The average Bonchev–Trinajstić information content (AvgIpc) is 2.66. The maximum atomic E-state index is 5.98. The van der Waals surface area contributed by atoms with Gasteiger partial charge in [0.1, 0.15) is 0 Å². The van der Waals surface area contributed by atoms with Crippen molar-refractivity contribution >= 4 is 0 Å². The van der Waals surface area contributed by atoms with Gasteiger partial charge in [0.2, 0.25) is 0 Å². The van der Waals surface area contributed by atoms with Gasteiger partial charge in [-0.3, -0.25) is 0 Å². The summed E-state index contributed by atoms with van der Waals surface area (Å²) in [5, 5.41) is 3.59. The van der Waals surface area contributed by atoms with Gasteiger partial charge in [0.25, 0.3) is 0 Å². The van der Waals surface area contributed by atoms with Crippen molar-refractivity contribution in [2.75, 3.05) is 13.1 Å². The van der Waals surface area contributed by atoms with Crippen LogP contribution in [0.5, 0.6) is 0 Å². The third-order valence-corrected chi connectivity index (χ3v) is 4.38. The first-order valence-electron chi connectivity index (χ1n) is 7.54. The molecule has 1 N–H and O–H groups in total. The highest BCUT2D eigenvalue weighted by Gasteiger charge is 2.31. The third-order valence-electron chi connectivity index (χ3n) is 4.38. The summed E-state index contributed by atoms with van der Waals surface area (Å²) in [4.78, 5) is 0. The van der Waals surface area contributed by atoms with Crippen molar-refractivity contribution in [2.24, 2.45) is 5.92 Å². The predicted molar refractivity (Wildman–Crippen MR) is 72.2 cm³/mol. The van der Waals surface area contributed by atoms with Gasteiger partial charge >= 0.3 is 0 Å². The molecule has 1 aliphatic heterocycles. The monoisotopic (exact) mass is 239 g/mol. The molecule has 1 saturated carbocycles. The Morgan fingerprint density at radius 3 is 2.53 bits per heavy atom. The molecule has 2 aliphatic rings. The smallest absolute Gasteiger partial charge is 0.0707 e. The van der Waals surface area contributed by atoms with Gasteiger partial charge in [-0.05, 0) is 45.6 Å². The number of nitrogens with one attached hydrogen (secondary N) is 1. The number of hydrogen-bond acceptors (Lipinski definition) is 2. The SMILES string of the molecule is CC1(C)CCC(CNCCC2CCCCC2)O1. The minimum absolute atomic E-state index is 0.121. The van der Waals surface area contributed by atoms with Gasteiger partial charge < -0.3 is 10.1 Å². The van der Waals surface area contributed by atoms with E-state index in [1.165, 1.54) is 57.9 Å². The molecule has 2 nitrogen and oxygen atoms in total. The summed E-state index contributed by atoms with van der Waals surface area (Å²) in [7, 11) is 0. The Bertz CT molecular complexity index is 221. The van der Waals surface area contributed by atoms with E-state index < -0.39 is 0 Å². The molecule has 1 atom stereocenters. The molecular weight excluding hydrogens is 210 g/mol. The topological polar surface area (TPSA) is 21.3 Å². The Hall–Kier alpha value is -0.0800. The van der Waals surface area contributed by atoms with Crippen LogP contribution in [-0.4, -0.2) is 24.8 Å². The first-order valence-corrected chi connectivity index (χ1v) is 7.54. The highest BCUT2D eigenvalue weighted by molar-refractivity contribution is 4.81. The van der Waals surface area contributed by atoms with Gasteiger partial charge in [-0.1, -0.05) is 32.1 Å². The second-order valence-electron chi connectivity index (χ2n) is 6.54. The van der Waals surface area contributed by atoms with Crippen molar-refractivity contribution in [1.29, 1.82) is 0 Å². The lowest BCUT2D eigenvalue weighted by molar-refractivity contribution is -0.0142. The molecule has 0 aromatic rings. The average molecular weight is 239 g/mol. The molecule has 0 aromatic heterocycles. The van der Waals surface area contributed by atoms with Gasteiger partial charge in [0, 0.05) is 6.54 Å². The molecule has 1 heterocycles. The Kier molecular flexibility index (Phi) is 4.87. The lowest BCUT2D eigenvalue weighted by Crippen LogP contribution is -2.30. The van der Waals surface area contributed by atoms with Crippen LogP contribution in [0.15, 0.2) is 0 Å². The molecule has 1 unspecified atom stereocenters. The standard InChI is InChI=1S/C15H29NO/c1-15(2)10-8-14(17-15)12-16-11-9-13-6-4-3-5-7-13/h13-14,16H,3-12H2,1-2H3. The zero-order valence-electron chi connectivity index (χ0n) is 11.6. The minimum Gasteiger partial charge on any atom is -0.371 e. The van der Waals surface area contributed by atoms with Gasteiger partial charge in [-0.2, -0.15) is 0 Å². The van der Waals surface area contributed by atoms with E-state index in [0.717, 1.165) is 12.5 Å². The number of hydrogen-bond donors (Lipinski definition) is 1. The molecule has 0 radical (unpaired) electrons. The Morgan fingerprint density at radius 1 is 1.12 bits per heavy atom. The van der Waals surface area contributed by atoms with Crippen molar-refractivity contribution < 1.29 is 4.74 Å². The van der Waals surface area contributed by atoms with E-state index in [9.17, 15) is 0 Å². The molecule has 1 saturated heterocycles. The first kappa shape index (κ1) is 13.4. The van der Waals surface area contributed by atoms with Crippen LogP contribution in [0.25, 0.3) is 0 Å². The second kappa shape index (κ2) is 6.19. The van der Waals surface area contributed by atoms with E-state index in [-0.39, 0.29) is 5.60 Å². The Labute approximate surface area is 107 Å². The lowest BCUT2D eigenvalue weighted by atomic mass is 9.87. The van der Waals surface area contributed by atoms with E-state index in [4.69, 9.17) is 4.74 Å². The highest BCUT2D eigenvalue weighted by atomic mass is 16.5. The minimum atomic E-state index is 0.121. The largest absolute Gasteiger partial charge is 0.371 e. The van der Waals surface area contributed by atoms with Crippen LogP contribution < -0.4 is 5.32 Å². The van der Waals surface area contributed by atoms with Crippen molar-refractivity contribution in [3.63, 3.8) is 0 Å². The lowest BCUT2D eigenvalue weighted by Gasteiger charge is -2.22. The van der Waals surface area contributed by atoms with E-state index in [0.29, 0.717) is 6.10 Å². The summed E-state index contributed by atoms with van der Waals surface area (Å²) >= 11 is 0. The molecule has 0 spiro atoms. The van der Waals surface area contributed by atoms with Gasteiger partial charge in [0.15, 0.2) is 0 Å². The second-order valence-corrected chi connectivity index (χ2v) is 6.54. The van der Waals surface area contributed by atoms with Crippen molar-refractivity contribution in [3.8, 4) is 0 Å². The zero-order chi connectivity index (χ0) is 12.1. The molecule has 0 aromatic carbocycles. The van der Waals surface area contributed by atoms with E-state index >= 15 is 0 Å². The van der Waals surface area contributed by atoms with Crippen molar-refractivity contribution in [1.82, 2.24) is 5.32 Å². The molecule has 2 fully saturated rings. The normalized spacial score (nSPS) is 29.6. The highest BCUT2D eigenvalue weighted by Crippen LogP contribution is 2.29. The van der Waals surface area contributed by atoms with Crippen LogP contribution >= 0.6 is 0 Å². The summed E-state index contributed by atoms with van der Waals surface area (Å²) in [6.45, 7) is 6.64. The van der Waals surface area contributed by atoms with Crippen LogP contribution in [-0.2, 0) is 4.74 Å². The summed E-state index contributed by atoms with van der Waals surface area (Å²) < 4.78 is 5.98. The van der Waals surface area contributed by atoms with Gasteiger partial charge in [-0.25, -0.2) is 0 Å². The maximum absolute atomic E-state index is 5.98. The third kappa shape index (κ3) is 4.59. The molecule has 2 heteroatoms. The molecule has 0 bridgehead atoms. The van der Waals surface area contributed by atoms with Crippen LogP contribution in [0.1, 0.15) is 65.2 Å². The fourth-order valence-corrected chi connectivity index (χ4v) is 3.27. The molecule has 100 valence electrons. The van der Waals surface area contributed by atoms with Crippen LogP contribution in [0.2, 0.25) is 0 Å². The fraction of sp³-hybridized carbons (Fsp3) is 1.00. The van der Waals surface area contributed by atoms with E-state index in [2.05, 4.69) is 19.2 Å². The van der Waals surface area contributed by atoms with Crippen LogP contribution in [0, 0.1) is 5.92 Å². The maximum Gasteiger partial charge on any atom is 0.0707 e. The summed E-state index contributed by atoms with van der Waals surface area (Å²) in [6, 6.07) is 0. The Morgan fingerprint density at radius 2 is 1.88 bits per heavy atom. The summed E-state index contributed by atoms with van der Waals surface area (Å²) in [5.41, 5.74) is 0.121. The summed E-state index contributed by atoms with van der Waals surface area (Å²) in [5.74, 6) is 0.997. The van der Waals surface area contributed by atoms with Crippen molar-refractivity contribution in [3.05, 3.63) is 0 Å². The predicted octanol–water partition coefficient (Wildman–Crippen LogP) is 3.50. The van der Waals surface area contributed by atoms with E-state index in [1.54, 1.807) is 0 Å². The molecule has 0 amide bonds. The molecule has 1 aliphatic carbocycles. The number of rotatable bonds is 5. The van der Waals surface area contributed by atoms with Crippen LogP contribution in [0.3, 0.4) is 0 Å². The quantitative estimate of drug-likeness (QED) is 0.741. The van der Waals surface area contributed by atoms with Gasteiger partial charge in [0.05, 0.1) is 11.7 Å². The molecule has 17 heavy (non-hydrogen) atoms. The van der Waals surface area contributed by atoms with Crippen molar-refractivity contribution in [2.45, 2.75) is 76.9 Å². The molecular formula is C15H29NO. The van der Waals surface area contributed by atoms with Gasteiger partial charge in [-0.15, -0.1) is 0 Å². The molecule has 2 rings (SSSR count). The Balaban J connectivity index is 1.51. The van der Waals surface area contributed by atoms with E-state index in [1.807, 2.05) is 0 Å². The zero-order valence-corrected chi connectivity index (χ0v) is 11.6. The fourth-order valence-electron chi connectivity index (χ4n) is 3.27. The first-order chi connectivity index (χ1) is 8.16. The van der Waals surface area contributed by atoms with Crippen LogP contribution in [0.4, 0.5) is 0 Å². The number of ether oxygens (including phenoxy) is 1.